The zero-order chi connectivity index (χ0) is 40.7. The van der Waals surface area contributed by atoms with Gasteiger partial charge >= 0.3 is 0 Å². The molecule has 286 valence electrons. The highest BCUT2D eigenvalue weighted by molar-refractivity contribution is 6.26. The van der Waals surface area contributed by atoms with Crippen LogP contribution in [-0.4, -0.2) is 0 Å². The van der Waals surface area contributed by atoms with E-state index in [2.05, 4.69) is 223 Å². The molecule has 0 N–H and O–H groups in total. The van der Waals surface area contributed by atoms with Gasteiger partial charge in [0.25, 0.3) is 0 Å². The molecule has 0 heteroatoms. The van der Waals surface area contributed by atoms with Crippen LogP contribution in [0.4, 0.5) is 0 Å². The van der Waals surface area contributed by atoms with Gasteiger partial charge in [0.2, 0.25) is 0 Å². The second-order valence-electron chi connectivity index (χ2n) is 17.8. The van der Waals surface area contributed by atoms with Gasteiger partial charge in [0.05, 0.1) is 0 Å². The molecule has 0 saturated heterocycles. The van der Waals surface area contributed by atoms with Crippen LogP contribution in [0.5, 0.6) is 0 Å². The van der Waals surface area contributed by atoms with Gasteiger partial charge in [-0.25, -0.2) is 0 Å². The molecule has 0 bridgehead atoms. The fourth-order valence-electron chi connectivity index (χ4n) is 9.87. The van der Waals surface area contributed by atoms with Crippen molar-refractivity contribution >= 4 is 53.9 Å². The first-order valence-electron chi connectivity index (χ1n) is 21.2. The predicted octanol–water partition coefficient (Wildman–Crippen LogP) is 17.1. The molecular formula is C60H46. The molecule has 0 aliphatic carbocycles. The fraction of sp³-hybridized carbons (Fsp3) is 0.100. The third-order valence-corrected chi connectivity index (χ3v) is 12.9. The van der Waals surface area contributed by atoms with E-state index in [0.717, 1.165) is 0 Å². The first-order valence-corrected chi connectivity index (χ1v) is 21.2. The summed E-state index contributed by atoms with van der Waals surface area (Å²) in [7, 11) is 0. The lowest BCUT2D eigenvalue weighted by Gasteiger charge is -2.23. The Kier molecular flexibility index (Phi) is 8.29. The molecule has 0 unspecified atom stereocenters. The molecule has 0 aliphatic heterocycles. The molecule has 0 saturated carbocycles. The van der Waals surface area contributed by atoms with Crippen LogP contribution in [0.1, 0.15) is 37.5 Å². The number of hydrogen-bond donors (Lipinski definition) is 0. The minimum atomic E-state index is 0.0589. The van der Waals surface area contributed by atoms with Gasteiger partial charge in [-0.3, -0.25) is 0 Å². The van der Waals surface area contributed by atoms with Gasteiger partial charge in [-0.1, -0.05) is 202 Å². The molecule has 11 rings (SSSR count). The molecule has 60 heavy (non-hydrogen) atoms. The van der Waals surface area contributed by atoms with E-state index in [1.165, 1.54) is 126 Å². The molecular weight excluding hydrogens is 721 g/mol. The predicted molar refractivity (Wildman–Crippen MR) is 261 cm³/mol. The van der Waals surface area contributed by atoms with Gasteiger partial charge < -0.3 is 0 Å². The van der Waals surface area contributed by atoms with Crippen molar-refractivity contribution in [3.63, 3.8) is 0 Å². The quantitative estimate of drug-likeness (QED) is 0.121. The summed E-state index contributed by atoms with van der Waals surface area (Å²) in [4.78, 5) is 0. The Balaban J connectivity index is 1.09. The minimum absolute atomic E-state index is 0.0589. The Bertz CT molecular complexity index is 3310. The number of rotatable bonds is 5. The summed E-state index contributed by atoms with van der Waals surface area (Å²) in [5.74, 6) is 0. The third kappa shape index (κ3) is 5.89. The van der Waals surface area contributed by atoms with Crippen LogP contribution in [0.2, 0.25) is 0 Å². The first-order chi connectivity index (χ1) is 29.2. The number of hydrogen-bond acceptors (Lipinski definition) is 0. The van der Waals surface area contributed by atoms with Gasteiger partial charge in [-0.15, -0.1) is 0 Å². The molecule has 11 aromatic carbocycles. The summed E-state index contributed by atoms with van der Waals surface area (Å²) in [5.41, 5.74) is 16.4. The second-order valence-corrected chi connectivity index (χ2v) is 17.8. The number of aryl methyl sites for hydroxylation is 2. The van der Waals surface area contributed by atoms with Crippen LogP contribution < -0.4 is 0 Å². The van der Waals surface area contributed by atoms with Crippen molar-refractivity contribution in [3.05, 3.63) is 205 Å². The largest absolute Gasteiger partial charge is 0.0616 e. The van der Waals surface area contributed by atoms with Crippen LogP contribution in [0.15, 0.2) is 188 Å². The smallest absolute Gasteiger partial charge is 0.00205 e. The average molecular weight is 767 g/mol. The highest BCUT2D eigenvalue weighted by Crippen LogP contribution is 2.47. The Hall–Kier alpha value is -7.02. The molecule has 0 fully saturated rings. The van der Waals surface area contributed by atoms with E-state index in [4.69, 9.17) is 0 Å². The Morgan fingerprint density at radius 1 is 0.300 bits per heavy atom. The topological polar surface area (TPSA) is 0 Å². The molecule has 11 aromatic rings. The SMILES string of the molecule is Cc1ccc(-c2cc(-c3ccc(C)cc3)cc(-c3c4ccccc4c(-c4ccc(-c5ccc6ccc7c(C(C)(C)C)ccc8ccc5c6c87)cc4)c4ccccc34)c2)cc1. The fourth-order valence-corrected chi connectivity index (χ4v) is 9.87. The van der Waals surface area contributed by atoms with Gasteiger partial charge in [-0.05, 0) is 153 Å². The van der Waals surface area contributed by atoms with E-state index in [0.29, 0.717) is 0 Å². The number of benzene rings is 11. The summed E-state index contributed by atoms with van der Waals surface area (Å²) < 4.78 is 0. The third-order valence-electron chi connectivity index (χ3n) is 12.9. The molecule has 0 atom stereocenters. The Labute approximate surface area is 352 Å². The Morgan fingerprint density at radius 2 is 0.700 bits per heavy atom. The van der Waals surface area contributed by atoms with Gasteiger partial charge in [0.15, 0.2) is 0 Å². The first kappa shape index (κ1) is 36.1. The average Bonchev–Trinajstić information content (AvgIpc) is 3.27. The summed E-state index contributed by atoms with van der Waals surface area (Å²) in [5, 5.41) is 13.0. The second kappa shape index (κ2) is 13.8. The van der Waals surface area contributed by atoms with Gasteiger partial charge in [0, 0.05) is 0 Å². The van der Waals surface area contributed by atoms with E-state index in [9.17, 15) is 0 Å². The van der Waals surface area contributed by atoms with Gasteiger partial charge in [-0.2, -0.15) is 0 Å². The lowest BCUT2D eigenvalue weighted by atomic mass is 9.80. The van der Waals surface area contributed by atoms with Crippen molar-refractivity contribution in [2.45, 2.75) is 40.0 Å². The van der Waals surface area contributed by atoms with Crippen molar-refractivity contribution in [2.24, 2.45) is 0 Å². The van der Waals surface area contributed by atoms with Crippen LogP contribution in [0.25, 0.3) is 109 Å². The van der Waals surface area contributed by atoms with Crippen LogP contribution >= 0.6 is 0 Å². The van der Waals surface area contributed by atoms with Crippen molar-refractivity contribution in [1.82, 2.24) is 0 Å². The van der Waals surface area contributed by atoms with Crippen molar-refractivity contribution in [2.75, 3.05) is 0 Å². The minimum Gasteiger partial charge on any atom is -0.0616 e. The summed E-state index contributed by atoms with van der Waals surface area (Å²) in [6, 6.07) is 70.9. The van der Waals surface area contributed by atoms with Crippen LogP contribution in [-0.2, 0) is 5.41 Å². The summed E-state index contributed by atoms with van der Waals surface area (Å²) in [6.07, 6.45) is 0. The van der Waals surface area contributed by atoms with Gasteiger partial charge in [0.1, 0.15) is 0 Å². The zero-order valence-corrected chi connectivity index (χ0v) is 34.9. The Morgan fingerprint density at radius 3 is 1.22 bits per heavy atom. The maximum absolute atomic E-state index is 2.39. The molecule has 0 heterocycles. The number of fused-ring (bicyclic) bond motifs is 2. The van der Waals surface area contributed by atoms with E-state index in [1.807, 2.05) is 0 Å². The van der Waals surface area contributed by atoms with Crippen molar-refractivity contribution in [1.29, 1.82) is 0 Å². The highest BCUT2D eigenvalue weighted by Gasteiger charge is 2.21. The van der Waals surface area contributed by atoms with E-state index in [-0.39, 0.29) is 5.41 Å². The van der Waals surface area contributed by atoms with Crippen molar-refractivity contribution in [3.8, 4) is 55.6 Å². The standard InChI is InChI=1S/C60H46/c1-37-14-18-39(19-15-37)45-34-46(40-20-16-38(2)17-21-40)36-47(35-45)57-51-12-8-6-10-49(51)56(50-11-7-9-13-52(50)57)42-24-22-41(23-25-42)48-30-26-43-28-32-54-55(60(3,4)5)33-29-44-27-31-53(48)58(43)59(44)54/h6-36H,1-5H3. The normalized spacial score (nSPS) is 12.1. The lowest BCUT2D eigenvalue weighted by molar-refractivity contribution is 0.596. The summed E-state index contributed by atoms with van der Waals surface area (Å²) in [6.45, 7) is 11.3. The van der Waals surface area contributed by atoms with Crippen molar-refractivity contribution < 1.29 is 0 Å². The molecule has 0 amide bonds. The van der Waals surface area contributed by atoms with E-state index >= 15 is 0 Å². The maximum Gasteiger partial charge on any atom is -0.00205 e. The molecule has 0 aliphatic rings. The van der Waals surface area contributed by atoms with Crippen LogP contribution in [0, 0.1) is 13.8 Å². The monoisotopic (exact) mass is 766 g/mol. The summed E-state index contributed by atoms with van der Waals surface area (Å²) >= 11 is 0. The van der Waals surface area contributed by atoms with E-state index in [1.54, 1.807) is 0 Å². The van der Waals surface area contributed by atoms with Crippen LogP contribution in [0.3, 0.4) is 0 Å². The molecule has 0 radical (unpaired) electrons. The highest BCUT2D eigenvalue weighted by atomic mass is 14.3. The maximum atomic E-state index is 2.39. The molecule has 0 nitrogen and oxygen atoms in total. The zero-order valence-electron chi connectivity index (χ0n) is 34.9. The molecule has 0 spiro atoms. The lowest BCUT2D eigenvalue weighted by Crippen LogP contribution is -2.11. The molecule has 0 aromatic heterocycles. The van der Waals surface area contributed by atoms with E-state index < -0.39 is 0 Å².